The van der Waals surface area contributed by atoms with Crippen LogP contribution in [-0.4, -0.2) is 29.7 Å². The van der Waals surface area contributed by atoms with Crippen LogP contribution in [0.15, 0.2) is 22.8 Å². The van der Waals surface area contributed by atoms with Crippen molar-refractivity contribution >= 4 is 0 Å². The molecule has 0 amide bonds. The summed E-state index contributed by atoms with van der Waals surface area (Å²) in [6, 6.07) is 5.95. The third kappa shape index (κ3) is 4.96. The third-order valence-electron chi connectivity index (χ3n) is 2.38. The number of hydrogen-bond acceptors (Lipinski definition) is 4. The zero-order valence-electron chi connectivity index (χ0n) is 9.43. The van der Waals surface area contributed by atoms with Gasteiger partial charge in [0, 0.05) is 19.6 Å². The highest BCUT2D eigenvalue weighted by molar-refractivity contribution is 4.97. The molecular weight excluding hydrogens is 204 g/mol. The van der Waals surface area contributed by atoms with Crippen molar-refractivity contribution in [3.05, 3.63) is 24.2 Å². The molecule has 1 aromatic heterocycles. The van der Waals surface area contributed by atoms with Gasteiger partial charge in [0.2, 0.25) is 0 Å². The molecule has 16 heavy (non-hydrogen) atoms. The van der Waals surface area contributed by atoms with Crippen LogP contribution in [0.3, 0.4) is 0 Å². The van der Waals surface area contributed by atoms with Gasteiger partial charge in [0.15, 0.2) is 0 Å². The maximum atomic E-state index is 8.72. The molecule has 0 aromatic carbocycles. The molecule has 1 aromatic rings. The Labute approximate surface area is 96.1 Å². The van der Waals surface area contributed by atoms with Crippen molar-refractivity contribution in [3.8, 4) is 6.07 Å². The predicted molar refractivity (Wildman–Crippen MR) is 60.5 cm³/mol. The van der Waals surface area contributed by atoms with Gasteiger partial charge in [-0.1, -0.05) is 0 Å². The first-order chi connectivity index (χ1) is 7.86. The van der Waals surface area contributed by atoms with Gasteiger partial charge in [-0.05, 0) is 31.5 Å². The van der Waals surface area contributed by atoms with Crippen LogP contribution in [-0.2, 0) is 6.54 Å². The van der Waals surface area contributed by atoms with Crippen molar-refractivity contribution in [1.29, 1.82) is 5.26 Å². The fourth-order valence-corrected chi connectivity index (χ4v) is 1.55. The third-order valence-corrected chi connectivity index (χ3v) is 2.38. The van der Waals surface area contributed by atoms with Crippen LogP contribution in [0, 0.1) is 11.3 Å². The maximum Gasteiger partial charge on any atom is 0.117 e. The fraction of sp³-hybridized carbons (Fsp3) is 0.583. The number of rotatable bonds is 8. The Hall–Kier alpha value is -1.31. The number of aliphatic hydroxyl groups excluding tert-OH is 1. The summed E-state index contributed by atoms with van der Waals surface area (Å²) in [5.74, 6) is 0.918. The lowest BCUT2D eigenvalue weighted by Crippen LogP contribution is -2.25. The lowest BCUT2D eigenvalue weighted by Gasteiger charge is -2.19. The van der Waals surface area contributed by atoms with Crippen molar-refractivity contribution in [1.82, 2.24) is 4.90 Å². The van der Waals surface area contributed by atoms with E-state index in [9.17, 15) is 0 Å². The number of aliphatic hydroxyl groups is 1. The molecule has 0 aliphatic rings. The zero-order chi connectivity index (χ0) is 11.6. The van der Waals surface area contributed by atoms with Gasteiger partial charge in [0.25, 0.3) is 0 Å². The lowest BCUT2D eigenvalue weighted by atomic mass is 10.2. The van der Waals surface area contributed by atoms with E-state index in [1.165, 1.54) is 0 Å². The largest absolute Gasteiger partial charge is 0.468 e. The van der Waals surface area contributed by atoms with E-state index in [4.69, 9.17) is 14.8 Å². The van der Waals surface area contributed by atoms with E-state index < -0.39 is 0 Å². The molecule has 0 radical (unpaired) electrons. The molecule has 1 rings (SSSR count). The second-order valence-corrected chi connectivity index (χ2v) is 3.69. The quantitative estimate of drug-likeness (QED) is 0.681. The van der Waals surface area contributed by atoms with Crippen LogP contribution >= 0.6 is 0 Å². The molecule has 0 aliphatic heterocycles. The summed E-state index contributed by atoms with van der Waals surface area (Å²) in [5, 5.41) is 17.3. The summed E-state index contributed by atoms with van der Waals surface area (Å²) >= 11 is 0. The molecule has 0 bridgehead atoms. The van der Waals surface area contributed by atoms with Gasteiger partial charge in [-0.15, -0.1) is 0 Å². The second kappa shape index (κ2) is 7.91. The van der Waals surface area contributed by atoms with E-state index in [1.54, 1.807) is 6.26 Å². The summed E-state index contributed by atoms with van der Waals surface area (Å²) in [6.07, 6.45) is 3.94. The highest BCUT2D eigenvalue weighted by Crippen LogP contribution is 2.07. The molecule has 0 saturated carbocycles. The SMILES string of the molecule is N#CCCN(CCCCO)Cc1ccco1. The first-order valence-electron chi connectivity index (χ1n) is 5.59. The molecule has 1 heterocycles. The van der Waals surface area contributed by atoms with E-state index in [0.29, 0.717) is 6.42 Å². The van der Waals surface area contributed by atoms with Crippen LogP contribution in [0.1, 0.15) is 25.0 Å². The Morgan fingerprint density at radius 1 is 1.38 bits per heavy atom. The van der Waals surface area contributed by atoms with Crippen molar-refractivity contribution in [2.45, 2.75) is 25.8 Å². The van der Waals surface area contributed by atoms with Gasteiger partial charge in [-0.2, -0.15) is 5.26 Å². The van der Waals surface area contributed by atoms with E-state index in [2.05, 4.69) is 11.0 Å². The van der Waals surface area contributed by atoms with Crippen molar-refractivity contribution in [3.63, 3.8) is 0 Å². The van der Waals surface area contributed by atoms with Crippen LogP contribution in [0.2, 0.25) is 0 Å². The maximum absolute atomic E-state index is 8.72. The Kier molecular flexibility index (Phi) is 6.31. The topological polar surface area (TPSA) is 60.4 Å². The van der Waals surface area contributed by atoms with Gasteiger partial charge in [0.1, 0.15) is 5.76 Å². The second-order valence-electron chi connectivity index (χ2n) is 3.69. The van der Waals surface area contributed by atoms with Crippen molar-refractivity contribution < 1.29 is 9.52 Å². The molecule has 4 nitrogen and oxygen atoms in total. The van der Waals surface area contributed by atoms with Gasteiger partial charge in [-0.3, -0.25) is 4.90 Å². The molecule has 0 aliphatic carbocycles. The minimum absolute atomic E-state index is 0.229. The molecule has 0 spiro atoms. The van der Waals surface area contributed by atoms with Crippen molar-refractivity contribution in [2.75, 3.05) is 19.7 Å². The summed E-state index contributed by atoms with van der Waals surface area (Å²) in [6.45, 7) is 2.61. The predicted octanol–water partition coefficient (Wildman–Crippen LogP) is 1.77. The van der Waals surface area contributed by atoms with Gasteiger partial charge < -0.3 is 9.52 Å². The molecular formula is C12H18N2O2. The number of hydrogen-bond donors (Lipinski definition) is 1. The highest BCUT2D eigenvalue weighted by Gasteiger charge is 2.06. The average Bonchev–Trinajstić information content (AvgIpc) is 2.78. The Morgan fingerprint density at radius 2 is 2.25 bits per heavy atom. The van der Waals surface area contributed by atoms with Crippen LogP contribution < -0.4 is 0 Å². The zero-order valence-corrected chi connectivity index (χ0v) is 9.43. The van der Waals surface area contributed by atoms with Crippen LogP contribution in [0.4, 0.5) is 0 Å². The molecule has 0 atom stereocenters. The monoisotopic (exact) mass is 222 g/mol. The molecule has 4 heteroatoms. The van der Waals surface area contributed by atoms with Gasteiger partial charge in [0.05, 0.1) is 18.9 Å². The summed E-state index contributed by atoms with van der Waals surface area (Å²) in [7, 11) is 0. The smallest absolute Gasteiger partial charge is 0.117 e. The number of nitriles is 1. The minimum atomic E-state index is 0.229. The average molecular weight is 222 g/mol. The first-order valence-corrected chi connectivity index (χ1v) is 5.59. The number of nitrogens with zero attached hydrogens (tertiary/aromatic N) is 2. The Balaban J connectivity index is 2.34. The molecule has 0 unspecified atom stereocenters. The van der Waals surface area contributed by atoms with Gasteiger partial charge >= 0.3 is 0 Å². The molecule has 0 fully saturated rings. The fourth-order valence-electron chi connectivity index (χ4n) is 1.55. The summed E-state index contributed by atoms with van der Waals surface area (Å²) in [5.41, 5.74) is 0. The van der Waals surface area contributed by atoms with E-state index in [0.717, 1.165) is 38.2 Å². The first kappa shape index (κ1) is 12.8. The van der Waals surface area contributed by atoms with E-state index >= 15 is 0 Å². The Morgan fingerprint density at radius 3 is 2.88 bits per heavy atom. The summed E-state index contributed by atoms with van der Waals surface area (Å²) < 4.78 is 5.28. The Bertz CT molecular complexity index is 303. The molecule has 1 N–H and O–H groups in total. The van der Waals surface area contributed by atoms with Crippen molar-refractivity contribution in [2.24, 2.45) is 0 Å². The molecule has 88 valence electrons. The summed E-state index contributed by atoms with van der Waals surface area (Å²) in [4.78, 5) is 2.18. The number of furan rings is 1. The number of unbranched alkanes of at least 4 members (excludes halogenated alkanes) is 1. The van der Waals surface area contributed by atoms with E-state index in [-0.39, 0.29) is 6.61 Å². The van der Waals surface area contributed by atoms with Crippen LogP contribution in [0.25, 0.3) is 0 Å². The van der Waals surface area contributed by atoms with Gasteiger partial charge in [-0.25, -0.2) is 0 Å². The van der Waals surface area contributed by atoms with Crippen LogP contribution in [0.5, 0.6) is 0 Å². The standard InChI is InChI=1S/C12H18N2O2/c13-6-4-8-14(7-1-2-9-15)11-12-5-3-10-16-12/h3,5,10,15H,1-2,4,7-9,11H2. The normalized spacial score (nSPS) is 10.6. The lowest BCUT2D eigenvalue weighted by molar-refractivity contribution is 0.226. The molecule has 0 saturated heterocycles. The highest BCUT2D eigenvalue weighted by atomic mass is 16.3. The minimum Gasteiger partial charge on any atom is -0.468 e. The van der Waals surface area contributed by atoms with E-state index in [1.807, 2.05) is 12.1 Å².